The highest BCUT2D eigenvalue weighted by molar-refractivity contribution is 5.86. The molecule has 26 heavy (non-hydrogen) atoms. The molecule has 1 aliphatic rings. The summed E-state index contributed by atoms with van der Waals surface area (Å²) in [6.45, 7) is 5.39. The first-order chi connectivity index (χ1) is 12.6. The Bertz CT molecular complexity index is 776. The van der Waals surface area contributed by atoms with E-state index < -0.39 is 0 Å². The van der Waals surface area contributed by atoms with Crippen LogP contribution in [0.15, 0.2) is 42.5 Å². The van der Waals surface area contributed by atoms with Crippen molar-refractivity contribution < 1.29 is 14.3 Å². The quantitative estimate of drug-likeness (QED) is 0.848. The maximum Gasteiger partial charge on any atom is 0.317 e. The molecule has 0 saturated carbocycles. The number of amides is 2. The summed E-state index contributed by atoms with van der Waals surface area (Å²) in [6.07, 6.45) is 1.32. The van der Waals surface area contributed by atoms with E-state index in [1.807, 2.05) is 32.0 Å². The number of fused-ring (bicyclic) bond motifs is 1. The minimum Gasteiger partial charge on any atom is -0.466 e. The average molecular weight is 354 g/mol. The summed E-state index contributed by atoms with van der Waals surface area (Å²) >= 11 is 0. The Morgan fingerprint density at radius 1 is 1.15 bits per heavy atom. The maximum absolute atomic E-state index is 12.6. The Morgan fingerprint density at radius 2 is 1.85 bits per heavy atom. The molecular formula is C21H26N2O3. The third-order valence-electron chi connectivity index (χ3n) is 5.03. The molecule has 5 nitrogen and oxygen atoms in total. The number of ether oxygens (including phenoxy) is 1. The van der Waals surface area contributed by atoms with Crippen LogP contribution < -0.4 is 5.32 Å². The van der Waals surface area contributed by atoms with Gasteiger partial charge in [0.15, 0.2) is 0 Å². The molecule has 0 aromatic heterocycles. The van der Waals surface area contributed by atoms with Gasteiger partial charge < -0.3 is 15.0 Å². The number of hydrogen-bond donors (Lipinski definition) is 1. The average Bonchev–Trinajstić information content (AvgIpc) is 2.67. The molecule has 0 bridgehead atoms. The van der Waals surface area contributed by atoms with Crippen LogP contribution in [-0.4, -0.2) is 36.6 Å². The van der Waals surface area contributed by atoms with Gasteiger partial charge in [0, 0.05) is 13.1 Å². The zero-order chi connectivity index (χ0) is 18.5. The molecule has 1 fully saturated rings. The van der Waals surface area contributed by atoms with Crippen LogP contribution in [0.1, 0.15) is 38.3 Å². The summed E-state index contributed by atoms with van der Waals surface area (Å²) in [5.41, 5.74) is 1.11. The standard InChI is InChI=1S/C21H26N2O3/c1-3-26-20(24)17-11-13-23(14-12-17)21(25)22-15(2)18-10-6-8-16-7-4-5-9-19(16)18/h4-10,15,17H,3,11-14H2,1-2H3,(H,22,25). The van der Waals surface area contributed by atoms with Gasteiger partial charge in [-0.15, -0.1) is 0 Å². The summed E-state index contributed by atoms with van der Waals surface area (Å²) in [5, 5.41) is 5.42. The van der Waals surface area contributed by atoms with E-state index in [1.54, 1.807) is 4.90 Å². The first-order valence-corrected chi connectivity index (χ1v) is 9.30. The van der Waals surface area contributed by atoms with E-state index in [0.717, 1.165) is 10.9 Å². The number of esters is 1. The minimum atomic E-state index is -0.142. The van der Waals surface area contributed by atoms with Crippen molar-refractivity contribution >= 4 is 22.8 Å². The molecule has 0 radical (unpaired) electrons. The van der Waals surface area contributed by atoms with E-state index in [1.165, 1.54) is 5.39 Å². The molecule has 0 aliphatic carbocycles. The maximum atomic E-state index is 12.6. The fraction of sp³-hybridized carbons (Fsp3) is 0.429. The highest BCUT2D eigenvalue weighted by Gasteiger charge is 2.28. The van der Waals surface area contributed by atoms with Gasteiger partial charge >= 0.3 is 12.0 Å². The largest absolute Gasteiger partial charge is 0.466 e. The van der Waals surface area contributed by atoms with E-state index in [4.69, 9.17) is 4.74 Å². The second-order valence-corrected chi connectivity index (χ2v) is 6.75. The Kier molecular flexibility index (Phi) is 5.76. The fourth-order valence-electron chi connectivity index (χ4n) is 3.56. The lowest BCUT2D eigenvalue weighted by molar-refractivity contribution is -0.149. The highest BCUT2D eigenvalue weighted by atomic mass is 16.5. The molecule has 1 saturated heterocycles. The number of carbonyl (C=O) groups is 2. The van der Waals surface area contributed by atoms with Gasteiger partial charge in [0.25, 0.3) is 0 Å². The van der Waals surface area contributed by atoms with Gasteiger partial charge in [-0.05, 0) is 43.0 Å². The molecule has 1 N–H and O–H groups in total. The van der Waals surface area contributed by atoms with E-state index in [2.05, 4.69) is 29.6 Å². The van der Waals surface area contributed by atoms with Crippen LogP contribution in [0.5, 0.6) is 0 Å². The van der Waals surface area contributed by atoms with Crippen molar-refractivity contribution in [3.8, 4) is 0 Å². The SMILES string of the molecule is CCOC(=O)C1CCN(C(=O)NC(C)c2cccc3ccccc23)CC1. The van der Waals surface area contributed by atoms with Crippen molar-refractivity contribution in [2.24, 2.45) is 5.92 Å². The molecule has 2 amide bonds. The number of piperidine rings is 1. The van der Waals surface area contributed by atoms with Crippen molar-refractivity contribution in [3.63, 3.8) is 0 Å². The van der Waals surface area contributed by atoms with Gasteiger partial charge in [0.2, 0.25) is 0 Å². The van der Waals surface area contributed by atoms with Crippen molar-refractivity contribution in [3.05, 3.63) is 48.0 Å². The van der Waals surface area contributed by atoms with Crippen LogP contribution >= 0.6 is 0 Å². The number of benzene rings is 2. The van der Waals surface area contributed by atoms with Gasteiger partial charge in [-0.3, -0.25) is 4.79 Å². The Morgan fingerprint density at radius 3 is 2.58 bits per heavy atom. The van der Waals surface area contributed by atoms with Gasteiger partial charge in [-0.25, -0.2) is 4.79 Å². The molecule has 1 atom stereocenters. The predicted octanol–water partition coefficient (Wildman–Crippen LogP) is 3.89. The lowest BCUT2D eigenvalue weighted by Crippen LogP contribution is -2.46. The number of carbonyl (C=O) groups excluding carboxylic acids is 2. The van der Waals surface area contributed by atoms with E-state index in [-0.39, 0.29) is 24.0 Å². The van der Waals surface area contributed by atoms with Crippen LogP contribution in [-0.2, 0) is 9.53 Å². The van der Waals surface area contributed by atoms with Crippen LogP contribution in [0.25, 0.3) is 10.8 Å². The van der Waals surface area contributed by atoms with Crippen molar-refractivity contribution in [2.45, 2.75) is 32.7 Å². The molecule has 2 aromatic rings. The molecule has 3 rings (SSSR count). The first kappa shape index (κ1) is 18.2. The van der Waals surface area contributed by atoms with Crippen LogP contribution in [0, 0.1) is 5.92 Å². The summed E-state index contributed by atoms with van der Waals surface area (Å²) in [7, 11) is 0. The van der Waals surface area contributed by atoms with Gasteiger partial charge in [-0.2, -0.15) is 0 Å². The van der Waals surface area contributed by atoms with Gasteiger partial charge in [0.1, 0.15) is 0 Å². The van der Waals surface area contributed by atoms with Crippen molar-refractivity contribution in [2.75, 3.05) is 19.7 Å². The molecule has 138 valence electrons. The molecule has 1 unspecified atom stereocenters. The normalized spacial score (nSPS) is 16.3. The first-order valence-electron chi connectivity index (χ1n) is 9.30. The summed E-state index contributed by atoms with van der Waals surface area (Å²) in [4.78, 5) is 26.2. The Labute approximate surface area is 154 Å². The number of rotatable bonds is 4. The van der Waals surface area contributed by atoms with Gasteiger partial charge in [0.05, 0.1) is 18.6 Å². The zero-order valence-corrected chi connectivity index (χ0v) is 15.4. The van der Waals surface area contributed by atoms with Crippen LogP contribution in [0.3, 0.4) is 0 Å². The zero-order valence-electron chi connectivity index (χ0n) is 15.4. The predicted molar refractivity (Wildman–Crippen MR) is 102 cm³/mol. The lowest BCUT2D eigenvalue weighted by atomic mass is 9.97. The van der Waals surface area contributed by atoms with Gasteiger partial charge in [-0.1, -0.05) is 42.5 Å². The molecule has 1 aliphatic heterocycles. The number of urea groups is 1. The molecule has 2 aromatic carbocycles. The smallest absolute Gasteiger partial charge is 0.317 e. The fourth-order valence-corrected chi connectivity index (χ4v) is 3.56. The third kappa shape index (κ3) is 3.98. The minimum absolute atomic E-state index is 0.0762. The second-order valence-electron chi connectivity index (χ2n) is 6.75. The number of likely N-dealkylation sites (tertiary alicyclic amines) is 1. The summed E-state index contributed by atoms with van der Waals surface area (Å²) < 4.78 is 5.08. The van der Waals surface area contributed by atoms with E-state index in [9.17, 15) is 9.59 Å². The molecule has 0 spiro atoms. The second kappa shape index (κ2) is 8.21. The lowest BCUT2D eigenvalue weighted by Gasteiger charge is -2.32. The summed E-state index contributed by atoms with van der Waals surface area (Å²) in [5.74, 6) is -0.230. The highest BCUT2D eigenvalue weighted by Crippen LogP contribution is 2.25. The third-order valence-corrected chi connectivity index (χ3v) is 5.03. The monoisotopic (exact) mass is 354 g/mol. The molecule has 5 heteroatoms. The topological polar surface area (TPSA) is 58.6 Å². The molecule has 1 heterocycles. The van der Waals surface area contributed by atoms with E-state index >= 15 is 0 Å². The Balaban J connectivity index is 1.61. The number of hydrogen-bond acceptors (Lipinski definition) is 3. The molecular weight excluding hydrogens is 328 g/mol. The van der Waals surface area contributed by atoms with E-state index in [0.29, 0.717) is 32.5 Å². The summed E-state index contributed by atoms with van der Waals surface area (Å²) in [6, 6.07) is 14.2. The number of nitrogens with one attached hydrogen (secondary N) is 1. The van der Waals surface area contributed by atoms with Crippen molar-refractivity contribution in [1.29, 1.82) is 0 Å². The van der Waals surface area contributed by atoms with Crippen LogP contribution in [0.2, 0.25) is 0 Å². The van der Waals surface area contributed by atoms with Crippen LogP contribution in [0.4, 0.5) is 4.79 Å². The van der Waals surface area contributed by atoms with Crippen molar-refractivity contribution in [1.82, 2.24) is 10.2 Å². The number of nitrogens with zero attached hydrogens (tertiary/aromatic N) is 1. The Hall–Kier alpha value is -2.56.